The molecule has 122 valence electrons. The molecule has 7 heteroatoms. The van der Waals surface area contributed by atoms with E-state index in [4.69, 9.17) is 14.6 Å². The first-order chi connectivity index (χ1) is 9.50. The first-order valence-electron chi connectivity index (χ1n) is 6.74. The van der Waals surface area contributed by atoms with Gasteiger partial charge in [0, 0.05) is 6.42 Å². The van der Waals surface area contributed by atoms with Crippen LogP contribution in [-0.4, -0.2) is 53.7 Å². The van der Waals surface area contributed by atoms with E-state index in [9.17, 15) is 14.4 Å². The number of ether oxygens (including phenoxy) is 2. The Morgan fingerprint density at radius 3 is 2.19 bits per heavy atom. The van der Waals surface area contributed by atoms with Gasteiger partial charge in [0.15, 0.2) is 5.78 Å². The van der Waals surface area contributed by atoms with Crippen molar-refractivity contribution in [3.63, 3.8) is 0 Å². The zero-order chi connectivity index (χ0) is 16.7. The van der Waals surface area contributed by atoms with Crippen LogP contribution in [0.4, 0.5) is 0 Å². The van der Waals surface area contributed by atoms with E-state index in [0.29, 0.717) is 6.42 Å². The number of hydrogen-bond acceptors (Lipinski definition) is 6. The number of aliphatic hydroxyl groups is 1. The minimum Gasteiger partial charge on any atom is -0.458 e. The Bertz CT molecular complexity index is 389. The van der Waals surface area contributed by atoms with Crippen molar-refractivity contribution in [2.75, 3.05) is 19.8 Å². The van der Waals surface area contributed by atoms with Crippen LogP contribution in [0.25, 0.3) is 0 Å². The third-order valence-electron chi connectivity index (χ3n) is 2.98. The van der Waals surface area contributed by atoms with Crippen molar-refractivity contribution in [3.05, 3.63) is 0 Å². The molecule has 7 nitrogen and oxygen atoms in total. The van der Waals surface area contributed by atoms with Crippen LogP contribution in [0.2, 0.25) is 0 Å². The topological polar surface area (TPSA) is 102 Å². The molecule has 0 atom stereocenters. The van der Waals surface area contributed by atoms with E-state index >= 15 is 0 Å². The Morgan fingerprint density at radius 2 is 1.71 bits per heavy atom. The lowest BCUT2D eigenvalue weighted by atomic mass is 10.0. The minimum absolute atomic E-state index is 0.0796. The number of Topliss-reactive ketones (excluding diaryl/α,β-unsaturated/α-hetero) is 1. The molecule has 0 rings (SSSR count). The number of carbonyl (C=O) groups is 3. The van der Waals surface area contributed by atoms with E-state index in [-0.39, 0.29) is 18.9 Å². The predicted octanol–water partition coefficient (Wildman–Crippen LogP) is 0.191. The summed E-state index contributed by atoms with van der Waals surface area (Å²) in [5, 5.41) is 10.7. The van der Waals surface area contributed by atoms with Gasteiger partial charge in [-0.15, -0.1) is 0 Å². The lowest BCUT2D eigenvalue weighted by molar-refractivity contribution is -0.160. The van der Waals surface area contributed by atoms with Crippen molar-refractivity contribution >= 4 is 17.7 Å². The van der Waals surface area contributed by atoms with Gasteiger partial charge < -0.3 is 19.9 Å². The van der Waals surface area contributed by atoms with Crippen molar-refractivity contribution < 1.29 is 29.0 Å². The molecule has 2 N–H and O–H groups in total. The summed E-state index contributed by atoms with van der Waals surface area (Å²) in [6, 6.07) is 0. The largest absolute Gasteiger partial charge is 0.458 e. The Hall–Kier alpha value is -1.47. The second kappa shape index (κ2) is 8.09. The van der Waals surface area contributed by atoms with Gasteiger partial charge in [0.1, 0.15) is 24.4 Å². The number of hydrogen-bond donors (Lipinski definition) is 2. The fourth-order valence-corrected chi connectivity index (χ4v) is 1.28. The Balaban J connectivity index is 4.16. The molecule has 0 fully saturated rings. The smallest absolute Gasteiger partial charge is 0.325 e. The van der Waals surface area contributed by atoms with E-state index in [2.05, 4.69) is 5.32 Å². The number of carbonyl (C=O) groups excluding carboxylic acids is 3. The maximum absolute atomic E-state index is 11.5. The molecule has 0 bridgehead atoms. The van der Waals surface area contributed by atoms with Crippen LogP contribution < -0.4 is 5.32 Å². The van der Waals surface area contributed by atoms with E-state index in [1.54, 1.807) is 27.7 Å². The van der Waals surface area contributed by atoms with Crippen LogP contribution in [0.1, 0.15) is 41.0 Å². The van der Waals surface area contributed by atoms with E-state index in [1.807, 2.05) is 0 Å². The minimum atomic E-state index is -0.866. The van der Waals surface area contributed by atoms with Gasteiger partial charge in [-0.1, -0.05) is 0 Å². The molecule has 0 saturated heterocycles. The van der Waals surface area contributed by atoms with Crippen LogP contribution in [0, 0.1) is 0 Å². The molecular formula is C14H25NO6. The summed E-state index contributed by atoms with van der Waals surface area (Å²) in [5.41, 5.74) is -1.65. The second-order valence-corrected chi connectivity index (χ2v) is 5.83. The highest BCUT2D eigenvalue weighted by Crippen LogP contribution is 2.18. The average Bonchev–Trinajstić information content (AvgIpc) is 2.34. The summed E-state index contributed by atoms with van der Waals surface area (Å²) < 4.78 is 10.7. The number of aliphatic hydroxyl groups excluding tert-OH is 1. The van der Waals surface area contributed by atoms with Gasteiger partial charge in [-0.05, 0) is 34.6 Å². The van der Waals surface area contributed by atoms with Crippen molar-refractivity contribution in [2.45, 2.75) is 52.2 Å². The van der Waals surface area contributed by atoms with Crippen molar-refractivity contribution in [1.82, 2.24) is 5.32 Å². The Labute approximate surface area is 125 Å². The molecule has 0 aromatic rings. The molecule has 0 aliphatic heterocycles. The molecule has 0 heterocycles. The lowest BCUT2D eigenvalue weighted by Gasteiger charge is -2.28. The summed E-state index contributed by atoms with van der Waals surface area (Å²) in [6.45, 7) is 7.52. The second-order valence-electron chi connectivity index (χ2n) is 5.83. The summed E-state index contributed by atoms with van der Waals surface area (Å²) in [5.74, 6) is -1.33. The van der Waals surface area contributed by atoms with Gasteiger partial charge in [0.25, 0.3) is 0 Å². The molecular weight excluding hydrogens is 278 g/mol. The standard InChI is InChI=1S/C14H25NO6/c1-10(17)14(4,5)20-7-6-13(2,3)21-12(19)8-15-11(18)9-16/h16H,6-9H2,1-5H3,(H,15,18). The highest BCUT2D eigenvalue weighted by Gasteiger charge is 2.27. The van der Waals surface area contributed by atoms with Gasteiger partial charge in [-0.3, -0.25) is 14.4 Å². The molecule has 0 radical (unpaired) electrons. The predicted molar refractivity (Wildman–Crippen MR) is 75.6 cm³/mol. The third kappa shape index (κ3) is 8.41. The van der Waals surface area contributed by atoms with Crippen LogP contribution >= 0.6 is 0 Å². The molecule has 0 unspecified atom stereocenters. The van der Waals surface area contributed by atoms with Gasteiger partial charge in [0.2, 0.25) is 5.91 Å². The van der Waals surface area contributed by atoms with Crippen molar-refractivity contribution in [3.8, 4) is 0 Å². The first-order valence-corrected chi connectivity index (χ1v) is 6.74. The molecule has 21 heavy (non-hydrogen) atoms. The zero-order valence-electron chi connectivity index (χ0n) is 13.3. The van der Waals surface area contributed by atoms with Crippen molar-refractivity contribution in [2.24, 2.45) is 0 Å². The summed E-state index contributed by atoms with van der Waals surface area (Å²) >= 11 is 0. The van der Waals surface area contributed by atoms with Crippen LogP contribution in [0.3, 0.4) is 0 Å². The maximum atomic E-state index is 11.5. The highest BCUT2D eigenvalue weighted by molar-refractivity contribution is 5.84. The molecule has 1 amide bonds. The monoisotopic (exact) mass is 303 g/mol. The van der Waals surface area contributed by atoms with E-state index in [0.717, 1.165) is 0 Å². The Morgan fingerprint density at radius 1 is 1.14 bits per heavy atom. The summed E-state index contributed by atoms with van der Waals surface area (Å²) in [4.78, 5) is 33.6. The van der Waals surface area contributed by atoms with Crippen LogP contribution in [0.15, 0.2) is 0 Å². The lowest BCUT2D eigenvalue weighted by Crippen LogP contribution is -2.39. The fraction of sp³-hybridized carbons (Fsp3) is 0.786. The number of ketones is 1. The van der Waals surface area contributed by atoms with E-state index < -0.39 is 29.7 Å². The molecule has 0 saturated carbocycles. The first kappa shape index (κ1) is 19.5. The highest BCUT2D eigenvalue weighted by atomic mass is 16.6. The number of amides is 1. The van der Waals surface area contributed by atoms with Crippen LogP contribution in [-0.2, 0) is 23.9 Å². The SMILES string of the molecule is CC(=O)C(C)(C)OCCC(C)(C)OC(=O)CNC(=O)CO. The fourth-order valence-electron chi connectivity index (χ4n) is 1.28. The molecule has 0 aromatic carbocycles. The summed E-state index contributed by atoms with van der Waals surface area (Å²) in [7, 11) is 0. The molecule has 0 aromatic heterocycles. The third-order valence-corrected chi connectivity index (χ3v) is 2.98. The quantitative estimate of drug-likeness (QED) is 0.590. The van der Waals surface area contributed by atoms with Gasteiger partial charge in [-0.2, -0.15) is 0 Å². The van der Waals surface area contributed by atoms with Gasteiger partial charge >= 0.3 is 5.97 Å². The molecule has 0 aliphatic rings. The number of esters is 1. The van der Waals surface area contributed by atoms with Crippen molar-refractivity contribution in [1.29, 1.82) is 0 Å². The normalized spacial score (nSPS) is 11.9. The van der Waals surface area contributed by atoms with E-state index in [1.165, 1.54) is 6.92 Å². The zero-order valence-corrected chi connectivity index (χ0v) is 13.3. The average molecular weight is 303 g/mol. The summed E-state index contributed by atoms with van der Waals surface area (Å²) in [6.07, 6.45) is 0.406. The molecule has 0 aliphatic carbocycles. The number of rotatable bonds is 9. The van der Waals surface area contributed by atoms with Gasteiger partial charge in [0.05, 0.1) is 6.61 Å². The number of nitrogens with one attached hydrogen (secondary N) is 1. The maximum Gasteiger partial charge on any atom is 0.325 e. The van der Waals surface area contributed by atoms with Gasteiger partial charge in [-0.25, -0.2) is 0 Å². The van der Waals surface area contributed by atoms with Crippen LogP contribution in [0.5, 0.6) is 0 Å². The Kier molecular flexibility index (Phi) is 7.52. The molecule has 0 spiro atoms.